The highest BCUT2D eigenvalue weighted by molar-refractivity contribution is 5.87. The van der Waals surface area contributed by atoms with Crippen molar-refractivity contribution in [3.05, 3.63) is 119 Å². The summed E-state index contributed by atoms with van der Waals surface area (Å²) < 4.78 is 9.75. The standard InChI is InChI=1S/C53H68N8O6/c1-32(2)45(58-51(64)66-9)49(62)60-27-11-13-43(60)47-54-30-41(56-47)37-17-15-34(16-18-37)29-40(36-23-25-39(26-24-36)53(5,6)7)35-19-21-38(22-20-35)42-31-55-48(57-42)44-14-12-28-61(44)50(63)46(33(3)4)59(8)52(65)67-10/h15-26,30-33,40,43-46H,11-14,27-29H2,1-10H3,(H,54,56)(H,55,57)(H,58,64). The van der Waals surface area contributed by atoms with Crippen LogP contribution in [-0.4, -0.2) is 105 Å². The van der Waals surface area contributed by atoms with Gasteiger partial charge < -0.3 is 34.6 Å². The molecule has 2 fully saturated rings. The van der Waals surface area contributed by atoms with Crippen LogP contribution in [0.1, 0.15) is 126 Å². The zero-order valence-corrected chi connectivity index (χ0v) is 40.8. The maximum atomic E-state index is 14.0. The third-order valence-electron chi connectivity index (χ3n) is 13.6. The van der Waals surface area contributed by atoms with Crippen molar-refractivity contribution in [3.63, 3.8) is 0 Å². The molecule has 2 aliphatic rings. The van der Waals surface area contributed by atoms with Gasteiger partial charge in [0.1, 0.15) is 23.7 Å². The molecule has 0 saturated carbocycles. The molecule has 2 aliphatic heterocycles. The molecule has 0 radical (unpaired) electrons. The van der Waals surface area contributed by atoms with E-state index in [9.17, 15) is 19.2 Å². The van der Waals surface area contributed by atoms with E-state index in [-0.39, 0.29) is 47.1 Å². The maximum Gasteiger partial charge on any atom is 0.409 e. The van der Waals surface area contributed by atoms with Gasteiger partial charge in [-0.3, -0.25) is 14.5 Å². The largest absolute Gasteiger partial charge is 0.453 e. The fourth-order valence-corrected chi connectivity index (χ4v) is 9.73. The number of methoxy groups -OCH3 is 2. The van der Waals surface area contributed by atoms with E-state index in [0.717, 1.165) is 66.3 Å². The number of carbonyl (C=O) groups excluding carboxylic acids is 4. The first kappa shape index (κ1) is 48.5. The van der Waals surface area contributed by atoms with Crippen LogP contribution in [0, 0.1) is 11.8 Å². The second kappa shape index (κ2) is 20.6. The van der Waals surface area contributed by atoms with Gasteiger partial charge >= 0.3 is 12.2 Å². The summed E-state index contributed by atoms with van der Waals surface area (Å²) in [4.78, 5) is 73.8. The van der Waals surface area contributed by atoms with Crippen LogP contribution in [0.25, 0.3) is 22.5 Å². The summed E-state index contributed by atoms with van der Waals surface area (Å²) in [5, 5.41) is 2.72. The molecule has 3 aromatic carbocycles. The van der Waals surface area contributed by atoms with E-state index in [2.05, 4.69) is 109 Å². The first-order valence-electron chi connectivity index (χ1n) is 23.6. The highest BCUT2D eigenvalue weighted by atomic mass is 16.5. The maximum absolute atomic E-state index is 14.0. The smallest absolute Gasteiger partial charge is 0.409 e. The Bertz CT molecular complexity index is 2490. The SMILES string of the molecule is COC(=O)NC(C(=O)N1CCCC1c1ncc(-c2ccc(CC(c3ccc(-c4cnc(C5CCCN5C(=O)C(C(C)C)N(C)C(=O)OC)[nH]4)cc3)c3ccc(C(C)(C)C)cc3)cc2)[nH]1)C(C)C. The number of benzene rings is 3. The zero-order chi connectivity index (χ0) is 48.2. The number of nitrogens with one attached hydrogen (secondary N) is 3. The second-order valence-corrected chi connectivity index (χ2v) is 19.8. The molecular weight excluding hydrogens is 845 g/mol. The monoisotopic (exact) mass is 913 g/mol. The number of amides is 4. The van der Waals surface area contributed by atoms with Crippen LogP contribution >= 0.6 is 0 Å². The summed E-state index contributed by atoms with van der Waals surface area (Å²) in [6.45, 7) is 15.6. The van der Waals surface area contributed by atoms with Gasteiger partial charge in [-0.15, -0.1) is 0 Å². The van der Waals surface area contributed by atoms with Crippen LogP contribution < -0.4 is 5.32 Å². The fraction of sp³-hybridized carbons (Fsp3) is 0.472. The normalized spacial score (nSPS) is 17.7. The molecule has 14 heteroatoms. The van der Waals surface area contributed by atoms with Crippen LogP contribution in [0.5, 0.6) is 0 Å². The van der Waals surface area contributed by atoms with Crippen molar-refractivity contribution in [1.29, 1.82) is 0 Å². The molecule has 5 atom stereocenters. The minimum absolute atomic E-state index is 0.0309. The number of likely N-dealkylation sites (tertiary alicyclic amines) is 2. The van der Waals surface area contributed by atoms with Crippen LogP contribution in [0.15, 0.2) is 85.2 Å². The molecule has 5 unspecified atom stereocenters. The molecular formula is C53H68N8O6. The van der Waals surface area contributed by atoms with Crippen molar-refractivity contribution in [2.24, 2.45) is 11.8 Å². The summed E-state index contributed by atoms with van der Waals surface area (Å²) in [6.07, 6.45) is 6.55. The molecule has 5 aromatic rings. The summed E-state index contributed by atoms with van der Waals surface area (Å²) >= 11 is 0. The first-order chi connectivity index (χ1) is 32.0. The van der Waals surface area contributed by atoms with Gasteiger partial charge in [-0.05, 0) is 82.7 Å². The first-order valence-corrected chi connectivity index (χ1v) is 23.6. The van der Waals surface area contributed by atoms with Crippen molar-refractivity contribution in [1.82, 2.24) is 40.0 Å². The van der Waals surface area contributed by atoms with Crippen LogP contribution in [-0.2, 0) is 30.9 Å². The molecule has 0 spiro atoms. The molecule has 67 heavy (non-hydrogen) atoms. The van der Waals surface area contributed by atoms with Crippen molar-refractivity contribution >= 4 is 24.0 Å². The van der Waals surface area contributed by atoms with Gasteiger partial charge in [0.15, 0.2) is 0 Å². The Morgan fingerprint density at radius 2 is 1.21 bits per heavy atom. The molecule has 0 bridgehead atoms. The summed E-state index contributed by atoms with van der Waals surface area (Å²) in [5.74, 6) is 1.09. The average molecular weight is 913 g/mol. The topological polar surface area (TPSA) is 166 Å². The molecule has 2 saturated heterocycles. The van der Waals surface area contributed by atoms with E-state index in [1.165, 1.54) is 41.4 Å². The number of nitrogens with zero attached hydrogens (tertiary/aromatic N) is 5. The Labute approximate surface area is 395 Å². The highest BCUT2D eigenvalue weighted by Gasteiger charge is 2.40. The predicted octanol–water partition coefficient (Wildman–Crippen LogP) is 9.57. The third kappa shape index (κ3) is 10.7. The van der Waals surface area contributed by atoms with E-state index in [4.69, 9.17) is 19.4 Å². The number of alkyl carbamates (subject to hydrolysis) is 1. The number of H-pyrrole nitrogens is 2. The number of hydrogen-bond donors (Lipinski definition) is 3. The summed E-state index contributed by atoms with van der Waals surface area (Å²) in [6, 6.07) is 24.5. The minimum Gasteiger partial charge on any atom is -0.453 e. The van der Waals surface area contributed by atoms with Crippen LogP contribution in [0.2, 0.25) is 0 Å². The second-order valence-electron chi connectivity index (χ2n) is 19.8. The molecule has 14 nitrogen and oxygen atoms in total. The van der Waals surface area contributed by atoms with Gasteiger partial charge in [-0.25, -0.2) is 19.6 Å². The van der Waals surface area contributed by atoms with E-state index in [1.807, 2.05) is 49.9 Å². The molecule has 3 N–H and O–H groups in total. The van der Waals surface area contributed by atoms with Gasteiger partial charge in [-0.2, -0.15) is 0 Å². The highest BCUT2D eigenvalue weighted by Crippen LogP contribution is 2.37. The molecule has 356 valence electrons. The Hall–Kier alpha value is -6.44. The third-order valence-corrected chi connectivity index (χ3v) is 13.6. The Balaban J connectivity index is 1.09. The fourth-order valence-electron chi connectivity index (χ4n) is 9.73. The number of hydrogen-bond acceptors (Lipinski definition) is 8. The number of aromatic amines is 2. The number of likely N-dealkylation sites (N-methyl/N-ethyl adjacent to an activating group) is 1. The lowest BCUT2D eigenvalue weighted by molar-refractivity contribution is -0.138. The Morgan fingerprint density at radius 3 is 1.67 bits per heavy atom. The van der Waals surface area contributed by atoms with Gasteiger partial charge in [0.2, 0.25) is 11.8 Å². The lowest BCUT2D eigenvalue weighted by atomic mass is 9.82. The number of carbonyl (C=O) groups is 4. The van der Waals surface area contributed by atoms with E-state index < -0.39 is 24.3 Å². The molecule has 7 rings (SSSR count). The van der Waals surface area contributed by atoms with Gasteiger partial charge in [-0.1, -0.05) is 121 Å². The van der Waals surface area contributed by atoms with Gasteiger partial charge in [0.25, 0.3) is 0 Å². The predicted molar refractivity (Wildman–Crippen MR) is 259 cm³/mol. The van der Waals surface area contributed by atoms with E-state index in [0.29, 0.717) is 13.1 Å². The minimum atomic E-state index is -0.695. The summed E-state index contributed by atoms with van der Waals surface area (Å²) in [7, 11) is 4.24. The van der Waals surface area contributed by atoms with Crippen molar-refractivity contribution < 1.29 is 28.7 Å². The molecule has 4 amide bonds. The summed E-state index contributed by atoms with van der Waals surface area (Å²) in [5.41, 5.74) is 8.66. The molecule has 2 aromatic heterocycles. The number of imidazole rings is 2. The van der Waals surface area contributed by atoms with Crippen molar-refractivity contribution in [2.75, 3.05) is 34.4 Å². The average Bonchev–Trinajstić information content (AvgIpc) is 4.17. The quantitative estimate of drug-likeness (QED) is 0.0991. The van der Waals surface area contributed by atoms with Crippen molar-refractivity contribution in [2.45, 2.75) is 116 Å². The Kier molecular flexibility index (Phi) is 14.9. The zero-order valence-electron chi connectivity index (χ0n) is 40.8. The lowest BCUT2D eigenvalue weighted by Gasteiger charge is -2.34. The van der Waals surface area contributed by atoms with Crippen LogP contribution in [0.4, 0.5) is 9.59 Å². The number of rotatable bonds is 14. The van der Waals surface area contributed by atoms with Crippen LogP contribution in [0.3, 0.4) is 0 Å². The van der Waals surface area contributed by atoms with E-state index in [1.54, 1.807) is 7.05 Å². The lowest BCUT2D eigenvalue weighted by Crippen LogP contribution is -2.51. The number of ether oxygens (including phenoxy) is 2. The van der Waals surface area contributed by atoms with Gasteiger partial charge in [0.05, 0.1) is 50.1 Å². The Morgan fingerprint density at radius 1 is 0.716 bits per heavy atom. The molecule has 0 aliphatic carbocycles. The van der Waals surface area contributed by atoms with Crippen molar-refractivity contribution in [3.8, 4) is 22.5 Å². The van der Waals surface area contributed by atoms with E-state index >= 15 is 0 Å². The number of aromatic nitrogens is 4. The van der Waals surface area contributed by atoms with Gasteiger partial charge in [0, 0.05) is 26.1 Å². The molecule has 4 heterocycles.